The molecule has 12 heteroatoms. The van der Waals surface area contributed by atoms with Crippen molar-refractivity contribution in [2.24, 2.45) is 16.2 Å². The van der Waals surface area contributed by atoms with Gasteiger partial charge in [0.15, 0.2) is 0 Å². The number of urea groups is 1. The maximum absolute atomic E-state index is 14.2. The van der Waals surface area contributed by atoms with Gasteiger partial charge in [-0.2, -0.15) is 0 Å². The van der Waals surface area contributed by atoms with Gasteiger partial charge in [0.25, 0.3) is 5.91 Å². The topological polar surface area (TPSA) is 110 Å². The van der Waals surface area contributed by atoms with E-state index in [9.17, 15) is 13.8 Å². The van der Waals surface area contributed by atoms with E-state index in [1.807, 2.05) is 24.3 Å². The summed E-state index contributed by atoms with van der Waals surface area (Å²) in [6, 6.07) is 11.0. The highest BCUT2D eigenvalue weighted by Gasteiger charge is 2.42. The predicted octanol–water partition coefficient (Wildman–Crippen LogP) is 6.01. The van der Waals surface area contributed by atoms with E-state index in [1.165, 1.54) is 16.0 Å². The monoisotopic (exact) mass is 698 g/mol. The van der Waals surface area contributed by atoms with Gasteiger partial charge in [0.1, 0.15) is 15.7 Å². The third-order valence-electron chi connectivity index (χ3n) is 10.5. The van der Waals surface area contributed by atoms with Crippen LogP contribution >= 0.6 is 11.6 Å². The van der Waals surface area contributed by atoms with Crippen LogP contribution < -0.4 is 14.4 Å². The van der Waals surface area contributed by atoms with E-state index >= 15 is 0 Å². The summed E-state index contributed by atoms with van der Waals surface area (Å²) in [6.45, 7) is 7.13. The van der Waals surface area contributed by atoms with E-state index in [0.29, 0.717) is 56.9 Å². The number of fused-ring (bicyclic) bond motifs is 3. The van der Waals surface area contributed by atoms with Crippen LogP contribution in [0, 0.1) is 11.8 Å². The highest BCUT2D eigenvalue weighted by atomic mass is 35.5. The normalized spacial score (nSPS) is 30.4. The number of methoxy groups -OCH3 is 2. The number of benzene rings is 2. The molecule has 2 aromatic carbocycles. The van der Waals surface area contributed by atoms with Crippen molar-refractivity contribution in [3.05, 3.63) is 70.3 Å². The molecule has 48 heavy (non-hydrogen) atoms. The van der Waals surface area contributed by atoms with Crippen LogP contribution in [0.2, 0.25) is 5.02 Å². The average molecular weight is 699 g/mol. The number of nitrogens with one attached hydrogen (secondary N) is 1. The lowest BCUT2D eigenvalue weighted by Crippen LogP contribution is -2.58. The van der Waals surface area contributed by atoms with Crippen molar-refractivity contribution < 1.29 is 28.0 Å². The molecular weight excluding hydrogens is 652 g/mol. The number of anilines is 1. The van der Waals surface area contributed by atoms with E-state index < -0.39 is 21.9 Å². The number of hydrogen-bond donors (Lipinski definition) is 1. The van der Waals surface area contributed by atoms with E-state index in [1.54, 1.807) is 20.3 Å². The molecule has 0 unspecified atom stereocenters. The van der Waals surface area contributed by atoms with Crippen molar-refractivity contribution in [3.8, 4) is 5.75 Å². The number of rotatable bonds is 3. The molecule has 5 atom stereocenters. The fourth-order valence-corrected chi connectivity index (χ4v) is 9.21. The lowest BCUT2D eigenvalue weighted by molar-refractivity contribution is -0.00645. The molecule has 0 saturated carbocycles. The van der Waals surface area contributed by atoms with E-state index in [4.69, 9.17) is 25.8 Å². The van der Waals surface area contributed by atoms with Gasteiger partial charge in [0.05, 0.1) is 43.3 Å². The minimum absolute atomic E-state index is 0.0338. The summed E-state index contributed by atoms with van der Waals surface area (Å²) in [5.41, 5.74) is 3.34. The fourth-order valence-electron chi connectivity index (χ4n) is 7.44. The van der Waals surface area contributed by atoms with Crippen LogP contribution in [0.1, 0.15) is 61.0 Å². The largest absolute Gasteiger partial charge is 0.490 e. The number of carbonyl (C=O) groups is 2. The SMILES string of the molecule is COC1CN(C(=O)N[S@@]2(=O)=NC(=O)c3ccc4c(c3)N(C[C@H](C)[C@@H](C)[C@@H](OC)/C=C/CCC2)C[C@@]2(CCCc3cc(Cl)ccc32)CO4)C1. The molecule has 2 aromatic rings. The molecule has 1 fully saturated rings. The molecule has 10 nitrogen and oxygen atoms in total. The van der Waals surface area contributed by atoms with E-state index in [-0.39, 0.29) is 35.2 Å². The predicted molar refractivity (Wildman–Crippen MR) is 188 cm³/mol. The Morgan fingerprint density at radius 2 is 1.92 bits per heavy atom. The maximum Gasteiger partial charge on any atom is 0.330 e. The summed E-state index contributed by atoms with van der Waals surface area (Å²) in [5, 5.41) is 0.735. The molecule has 3 heterocycles. The molecule has 3 aliphatic heterocycles. The Bertz CT molecular complexity index is 1690. The van der Waals surface area contributed by atoms with Gasteiger partial charge in [0, 0.05) is 43.3 Å². The van der Waals surface area contributed by atoms with Crippen molar-refractivity contribution in [1.82, 2.24) is 9.62 Å². The quantitative estimate of drug-likeness (QED) is 0.391. The van der Waals surface area contributed by atoms with Gasteiger partial charge in [-0.15, -0.1) is 4.36 Å². The van der Waals surface area contributed by atoms with Crippen LogP contribution in [0.3, 0.4) is 0 Å². The second-order valence-electron chi connectivity index (χ2n) is 13.8. The van der Waals surface area contributed by atoms with Gasteiger partial charge in [-0.1, -0.05) is 43.7 Å². The van der Waals surface area contributed by atoms with Crippen molar-refractivity contribution >= 4 is 39.1 Å². The van der Waals surface area contributed by atoms with Crippen molar-refractivity contribution in [2.45, 2.75) is 63.6 Å². The van der Waals surface area contributed by atoms with Crippen molar-refractivity contribution in [3.63, 3.8) is 0 Å². The van der Waals surface area contributed by atoms with Crippen LogP contribution in [0.4, 0.5) is 10.5 Å². The minimum atomic E-state index is -3.43. The van der Waals surface area contributed by atoms with Crippen LogP contribution in [0.25, 0.3) is 0 Å². The lowest BCUT2D eigenvalue weighted by atomic mass is 9.70. The van der Waals surface area contributed by atoms with Gasteiger partial charge >= 0.3 is 6.03 Å². The number of hydrogen-bond acceptors (Lipinski definition) is 7. The lowest BCUT2D eigenvalue weighted by Gasteiger charge is -2.42. The smallest absolute Gasteiger partial charge is 0.330 e. The average Bonchev–Trinajstić information content (AvgIpc) is 3.18. The molecular formula is C36H47ClN4O6S. The highest BCUT2D eigenvalue weighted by Crippen LogP contribution is 2.45. The molecule has 2 bridgehead atoms. The molecule has 4 aliphatic rings. The molecule has 0 aromatic heterocycles. The van der Waals surface area contributed by atoms with Gasteiger partial charge in [-0.05, 0) is 85.4 Å². The minimum Gasteiger partial charge on any atom is -0.490 e. The van der Waals surface area contributed by atoms with Crippen LogP contribution in [-0.4, -0.2) is 86.0 Å². The zero-order valence-corrected chi connectivity index (χ0v) is 29.9. The molecule has 1 N–H and O–H groups in total. The first-order valence-corrected chi connectivity index (χ1v) is 19.0. The highest BCUT2D eigenvalue weighted by molar-refractivity contribution is 7.92. The van der Waals surface area contributed by atoms with Crippen LogP contribution in [-0.2, 0) is 31.2 Å². The summed E-state index contributed by atoms with van der Waals surface area (Å²) in [4.78, 5) is 30.7. The number of ether oxygens (including phenoxy) is 3. The Kier molecular flexibility index (Phi) is 10.4. The second-order valence-corrected chi connectivity index (χ2v) is 16.3. The van der Waals surface area contributed by atoms with Gasteiger partial charge in [-0.25, -0.2) is 9.00 Å². The first-order valence-electron chi connectivity index (χ1n) is 16.9. The first kappa shape index (κ1) is 34.7. The molecule has 6 rings (SSSR count). The second kappa shape index (κ2) is 14.4. The van der Waals surface area contributed by atoms with Gasteiger partial charge in [-0.3, -0.25) is 9.52 Å². The zero-order valence-electron chi connectivity index (χ0n) is 28.3. The fraction of sp³-hybridized carbons (Fsp3) is 0.556. The number of amides is 3. The molecule has 1 spiro atoms. The van der Waals surface area contributed by atoms with Crippen LogP contribution in [0.5, 0.6) is 5.75 Å². The summed E-state index contributed by atoms with van der Waals surface area (Å²) < 4.78 is 38.8. The first-order chi connectivity index (χ1) is 23.0. The summed E-state index contributed by atoms with van der Waals surface area (Å²) >= 11 is 6.43. The Labute approximate surface area is 289 Å². The number of aryl methyl sites for hydroxylation is 1. The molecule has 0 radical (unpaired) electrons. The molecule has 1 aliphatic carbocycles. The Balaban J connectivity index is 1.39. The number of likely N-dealkylation sites (tertiary alicyclic amines) is 1. The number of allylic oxidation sites excluding steroid dienone is 1. The van der Waals surface area contributed by atoms with Gasteiger partial charge in [0.2, 0.25) is 0 Å². The van der Waals surface area contributed by atoms with Gasteiger partial charge < -0.3 is 24.0 Å². The standard InChI is InChI=1S/C36H47ClN4O6S/c1-24-19-41-22-36(15-8-9-26-17-28(37)12-13-30(26)36)23-47-33-14-11-27(18-31(33)41)34(42)38-48(44,39-35(43)40-20-29(21-40)45-3)16-7-5-6-10-32(46-4)25(24)2/h6,10-14,17-18,24-25,29,32H,5,7-9,15-16,19-23H2,1-4H3,(H,38,39,42,43,44)/b10-6+/t24-,25+,32-,36-,48-/m0/s1. The molecule has 260 valence electrons. The van der Waals surface area contributed by atoms with Crippen molar-refractivity contribution in [2.75, 3.05) is 57.7 Å². The van der Waals surface area contributed by atoms with E-state index in [0.717, 1.165) is 30.0 Å². The number of halogens is 1. The summed E-state index contributed by atoms with van der Waals surface area (Å²) in [5.74, 6) is 0.484. The molecule has 3 amide bonds. The number of carbonyl (C=O) groups excluding carboxylic acids is 2. The summed E-state index contributed by atoms with van der Waals surface area (Å²) in [6.07, 6.45) is 7.95. The maximum atomic E-state index is 14.2. The number of nitrogens with zero attached hydrogens (tertiary/aromatic N) is 3. The third kappa shape index (κ3) is 7.25. The van der Waals surface area contributed by atoms with Crippen LogP contribution in [0.15, 0.2) is 52.9 Å². The Morgan fingerprint density at radius 3 is 2.69 bits per heavy atom. The summed E-state index contributed by atoms with van der Waals surface area (Å²) in [7, 11) is -0.104. The third-order valence-corrected chi connectivity index (χ3v) is 12.6. The Morgan fingerprint density at radius 1 is 1.10 bits per heavy atom. The zero-order chi connectivity index (χ0) is 34.1. The molecule has 1 saturated heterocycles. The van der Waals surface area contributed by atoms with E-state index in [2.05, 4.69) is 46.0 Å². The Hall–Kier alpha value is -3.12. The van der Waals surface area contributed by atoms with Crippen molar-refractivity contribution in [1.29, 1.82) is 0 Å².